The predicted molar refractivity (Wildman–Crippen MR) is 97.8 cm³/mol. The van der Waals surface area contributed by atoms with Crippen molar-refractivity contribution in [3.63, 3.8) is 0 Å². The molecular formula is C18H11NOS2. The fraction of sp³-hybridized carbons (Fsp3) is 0. The number of hydrogen-bond acceptors (Lipinski definition) is 3. The van der Waals surface area contributed by atoms with Gasteiger partial charge in [-0.15, -0.1) is 0 Å². The minimum absolute atomic E-state index is 0.118. The molecule has 0 unspecified atom stereocenters. The van der Waals surface area contributed by atoms with Gasteiger partial charge in [0.05, 0.1) is 4.91 Å². The molecule has 3 aromatic rings. The van der Waals surface area contributed by atoms with Gasteiger partial charge in [-0.05, 0) is 39.3 Å². The number of rotatable bonds is 1. The van der Waals surface area contributed by atoms with Gasteiger partial charge < -0.3 is 5.32 Å². The number of amides is 1. The molecule has 4 rings (SSSR count). The third-order valence-corrected chi connectivity index (χ3v) is 4.89. The van der Waals surface area contributed by atoms with Crippen molar-refractivity contribution < 1.29 is 4.79 Å². The van der Waals surface area contributed by atoms with Crippen molar-refractivity contribution in [2.45, 2.75) is 0 Å². The second-order valence-electron chi connectivity index (χ2n) is 5.08. The Kier molecular flexibility index (Phi) is 3.21. The summed E-state index contributed by atoms with van der Waals surface area (Å²) in [6, 6.07) is 18.7. The zero-order valence-electron chi connectivity index (χ0n) is 11.5. The van der Waals surface area contributed by atoms with Crippen LogP contribution in [0.4, 0.5) is 0 Å². The van der Waals surface area contributed by atoms with Gasteiger partial charge in [0.2, 0.25) is 0 Å². The largest absolute Gasteiger partial charge is 0.307 e. The SMILES string of the molecule is O=C1NC(=S)SC1=Cc1cc2ccccc2c2ccccc12. The van der Waals surface area contributed by atoms with E-state index < -0.39 is 0 Å². The summed E-state index contributed by atoms with van der Waals surface area (Å²) < 4.78 is 0.515. The summed E-state index contributed by atoms with van der Waals surface area (Å²) >= 11 is 6.37. The molecule has 1 saturated heterocycles. The number of thioether (sulfide) groups is 1. The van der Waals surface area contributed by atoms with E-state index in [1.54, 1.807) is 0 Å². The van der Waals surface area contributed by atoms with E-state index in [1.165, 1.54) is 27.9 Å². The summed E-state index contributed by atoms with van der Waals surface area (Å²) in [4.78, 5) is 12.5. The number of nitrogens with one attached hydrogen (secondary N) is 1. The van der Waals surface area contributed by atoms with Crippen LogP contribution < -0.4 is 5.32 Å². The Morgan fingerprint density at radius 1 is 0.955 bits per heavy atom. The third kappa shape index (κ3) is 2.21. The Morgan fingerprint density at radius 2 is 1.64 bits per heavy atom. The lowest BCUT2D eigenvalue weighted by molar-refractivity contribution is -0.115. The van der Waals surface area contributed by atoms with Crippen molar-refractivity contribution in [2.24, 2.45) is 0 Å². The first-order valence-electron chi connectivity index (χ1n) is 6.88. The van der Waals surface area contributed by atoms with Gasteiger partial charge in [-0.3, -0.25) is 4.79 Å². The summed E-state index contributed by atoms with van der Waals surface area (Å²) in [5, 5.41) is 7.38. The summed E-state index contributed by atoms with van der Waals surface area (Å²) in [5.74, 6) is -0.118. The van der Waals surface area contributed by atoms with Crippen LogP contribution in [-0.2, 0) is 4.79 Å². The van der Waals surface area contributed by atoms with Gasteiger partial charge in [0, 0.05) is 0 Å². The molecule has 0 aromatic heterocycles. The van der Waals surface area contributed by atoms with E-state index in [0.717, 1.165) is 10.9 Å². The highest BCUT2D eigenvalue weighted by Crippen LogP contribution is 2.32. The first kappa shape index (κ1) is 13.5. The maximum atomic E-state index is 11.9. The Bertz CT molecular complexity index is 975. The fourth-order valence-electron chi connectivity index (χ4n) is 2.76. The number of carbonyl (C=O) groups excluding carboxylic acids is 1. The van der Waals surface area contributed by atoms with E-state index in [0.29, 0.717) is 9.23 Å². The lowest BCUT2D eigenvalue weighted by Crippen LogP contribution is -2.17. The van der Waals surface area contributed by atoms with E-state index in [4.69, 9.17) is 12.2 Å². The number of benzene rings is 3. The fourth-order valence-corrected chi connectivity index (χ4v) is 3.80. The average Bonchev–Trinajstić information content (AvgIpc) is 2.85. The number of fused-ring (bicyclic) bond motifs is 3. The lowest BCUT2D eigenvalue weighted by atomic mass is 9.97. The van der Waals surface area contributed by atoms with E-state index in [9.17, 15) is 4.79 Å². The normalized spacial score (nSPS) is 16.6. The van der Waals surface area contributed by atoms with Gasteiger partial charge in [0.1, 0.15) is 4.32 Å². The molecule has 1 amide bonds. The molecule has 4 heteroatoms. The van der Waals surface area contributed by atoms with Crippen LogP contribution in [0.25, 0.3) is 27.6 Å². The number of hydrogen-bond donors (Lipinski definition) is 1. The highest BCUT2D eigenvalue weighted by molar-refractivity contribution is 8.26. The van der Waals surface area contributed by atoms with Gasteiger partial charge in [-0.2, -0.15) is 0 Å². The van der Waals surface area contributed by atoms with E-state index in [-0.39, 0.29) is 5.91 Å². The van der Waals surface area contributed by atoms with Crippen molar-refractivity contribution in [1.82, 2.24) is 5.32 Å². The van der Waals surface area contributed by atoms with Crippen molar-refractivity contribution >= 4 is 61.8 Å². The van der Waals surface area contributed by atoms with Gasteiger partial charge >= 0.3 is 0 Å². The van der Waals surface area contributed by atoms with Crippen LogP contribution in [0.2, 0.25) is 0 Å². The minimum atomic E-state index is -0.118. The Balaban J connectivity index is 2.02. The van der Waals surface area contributed by atoms with E-state index in [2.05, 4.69) is 35.6 Å². The van der Waals surface area contributed by atoms with Crippen LogP contribution in [0.1, 0.15) is 5.56 Å². The molecule has 1 heterocycles. The van der Waals surface area contributed by atoms with Crippen molar-refractivity contribution in [3.05, 3.63) is 65.1 Å². The minimum Gasteiger partial charge on any atom is -0.307 e. The van der Waals surface area contributed by atoms with Crippen LogP contribution in [0, 0.1) is 0 Å². The molecule has 0 saturated carbocycles. The quantitative estimate of drug-likeness (QED) is 0.407. The molecule has 2 nitrogen and oxygen atoms in total. The Morgan fingerprint density at radius 3 is 2.36 bits per heavy atom. The van der Waals surface area contributed by atoms with Crippen molar-refractivity contribution in [1.29, 1.82) is 0 Å². The van der Waals surface area contributed by atoms with E-state index in [1.807, 2.05) is 30.3 Å². The molecule has 0 radical (unpaired) electrons. The molecule has 0 spiro atoms. The standard InChI is InChI=1S/C18H11NOS2/c20-17-16(22-18(21)19-17)10-12-9-11-5-1-2-6-13(11)15-8-4-3-7-14(12)15/h1-10H,(H,19,20,21). The molecule has 106 valence electrons. The maximum absolute atomic E-state index is 11.9. The summed E-state index contributed by atoms with van der Waals surface area (Å²) in [5.41, 5.74) is 1.04. The monoisotopic (exact) mass is 321 g/mol. The van der Waals surface area contributed by atoms with Gasteiger partial charge in [-0.25, -0.2) is 0 Å². The van der Waals surface area contributed by atoms with Crippen LogP contribution >= 0.6 is 24.0 Å². The molecule has 3 aromatic carbocycles. The number of carbonyl (C=O) groups is 1. The van der Waals surface area contributed by atoms with E-state index >= 15 is 0 Å². The number of thiocarbonyl (C=S) groups is 1. The second kappa shape index (κ2) is 5.23. The summed E-state index contributed by atoms with van der Waals surface area (Å²) in [6.07, 6.45) is 1.92. The van der Waals surface area contributed by atoms with Crippen LogP contribution in [0.15, 0.2) is 59.5 Å². The average molecular weight is 321 g/mol. The molecule has 0 aliphatic carbocycles. The van der Waals surface area contributed by atoms with Gasteiger partial charge in [-0.1, -0.05) is 72.5 Å². The van der Waals surface area contributed by atoms with Crippen molar-refractivity contribution in [3.8, 4) is 0 Å². The van der Waals surface area contributed by atoms with Gasteiger partial charge in [0.25, 0.3) is 5.91 Å². The zero-order chi connectivity index (χ0) is 15.1. The molecule has 1 aliphatic heterocycles. The molecule has 1 aliphatic rings. The van der Waals surface area contributed by atoms with Crippen LogP contribution in [0.3, 0.4) is 0 Å². The molecule has 0 bridgehead atoms. The highest BCUT2D eigenvalue weighted by atomic mass is 32.2. The van der Waals surface area contributed by atoms with Crippen molar-refractivity contribution in [2.75, 3.05) is 0 Å². The summed E-state index contributed by atoms with van der Waals surface area (Å²) in [7, 11) is 0. The summed E-state index contributed by atoms with van der Waals surface area (Å²) in [6.45, 7) is 0. The smallest absolute Gasteiger partial charge is 0.263 e. The topological polar surface area (TPSA) is 29.1 Å². The first-order valence-corrected chi connectivity index (χ1v) is 8.10. The molecular weight excluding hydrogens is 310 g/mol. The molecule has 1 fully saturated rings. The Hall–Kier alpha value is -2.17. The molecule has 22 heavy (non-hydrogen) atoms. The maximum Gasteiger partial charge on any atom is 0.263 e. The predicted octanol–water partition coefficient (Wildman–Crippen LogP) is 4.48. The highest BCUT2D eigenvalue weighted by Gasteiger charge is 2.22. The Labute approximate surface area is 137 Å². The molecule has 0 atom stereocenters. The second-order valence-corrected chi connectivity index (χ2v) is 6.80. The van der Waals surface area contributed by atoms with Crippen LogP contribution in [0.5, 0.6) is 0 Å². The first-order chi connectivity index (χ1) is 10.7. The molecule has 1 N–H and O–H groups in total. The zero-order valence-corrected chi connectivity index (χ0v) is 13.1. The van der Waals surface area contributed by atoms with Crippen LogP contribution in [-0.4, -0.2) is 10.2 Å². The van der Waals surface area contributed by atoms with Gasteiger partial charge in [0.15, 0.2) is 0 Å². The third-order valence-electron chi connectivity index (χ3n) is 3.73. The lowest BCUT2D eigenvalue weighted by Gasteiger charge is -2.08.